The van der Waals surface area contributed by atoms with Gasteiger partial charge in [0.1, 0.15) is 0 Å². The maximum absolute atomic E-state index is 12.1. The summed E-state index contributed by atoms with van der Waals surface area (Å²) < 4.78 is 24.5. The minimum atomic E-state index is -2.95. The highest BCUT2D eigenvalue weighted by Gasteiger charge is 2.36. The molecule has 0 amide bonds. The Morgan fingerprint density at radius 1 is 1.46 bits per heavy atom. The van der Waals surface area contributed by atoms with Crippen LogP contribution in [0, 0.1) is 0 Å². The van der Waals surface area contributed by atoms with E-state index in [0.29, 0.717) is 19.7 Å². The molecule has 1 aliphatic rings. The minimum Gasteiger partial charge on any atom is -0.297 e. The molecule has 1 fully saturated rings. The summed E-state index contributed by atoms with van der Waals surface area (Å²) in [4.78, 5) is 0. The van der Waals surface area contributed by atoms with Crippen molar-refractivity contribution in [3.63, 3.8) is 0 Å². The second-order valence-electron chi connectivity index (χ2n) is 3.15. The molecule has 78 valence electrons. The quantitative estimate of drug-likeness (QED) is 0.665. The van der Waals surface area contributed by atoms with Gasteiger partial charge in [-0.3, -0.25) is 9.05 Å². The summed E-state index contributed by atoms with van der Waals surface area (Å²) in [6, 6.07) is 0. The summed E-state index contributed by atoms with van der Waals surface area (Å²) in [5.41, 5.74) is 0. The maximum Gasteiger partial charge on any atom is 0.408 e. The van der Waals surface area contributed by atoms with Gasteiger partial charge in [-0.05, 0) is 13.3 Å². The van der Waals surface area contributed by atoms with Crippen LogP contribution in [0.5, 0.6) is 0 Å². The molecule has 2 unspecified atom stereocenters. The predicted molar refractivity (Wildman–Crippen MR) is 51.6 cm³/mol. The number of hydrogen-bond donors (Lipinski definition) is 0. The van der Waals surface area contributed by atoms with Gasteiger partial charge in [0.05, 0.1) is 12.7 Å². The average Bonchev–Trinajstić information content (AvgIpc) is 2.05. The molecule has 0 N–H and O–H groups in total. The molecule has 5 heteroatoms. The van der Waals surface area contributed by atoms with Crippen molar-refractivity contribution in [3.8, 4) is 0 Å². The molecular weight excluding hydrogens is 189 g/mol. The van der Waals surface area contributed by atoms with E-state index in [1.54, 1.807) is 4.67 Å². The molecule has 0 aromatic heterocycles. The van der Waals surface area contributed by atoms with Crippen molar-refractivity contribution in [1.82, 2.24) is 4.67 Å². The van der Waals surface area contributed by atoms with E-state index >= 15 is 0 Å². The molecule has 1 saturated heterocycles. The molecule has 1 heterocycles. The van der Waals surface area contributed by atoms with Crippen molar-refractivity contribution in [2.45, 2.75) is 33.3 Å². The fourth-order valence-corrected chi connectivity index (χ4v) is 3.31. The normalized spacial score (nSPS) is 35.2. The molecule has 0 aromatic rings. The third kappa shape index (κ3) is 2.53. The van der Waals surface area contributed by atoms with Crippen LogP contribution in [0.15, 0.2) is 0 Å². The summed E-state index contributed by atoms with van der Waals surface area (Å²) in [6.45, 7) is 7.76. The maximum atomic E-state index is 12.1. The monoisotopic (exact) mass is 207 g/mol. The van der Waals surface area contributed by atoms with Crippen LogP contribution in [0.3, 0.4) is 0 Å². The Hall–Kier alpha value is 0.110. The first kappa shape index (κ1) is 11.2. The Bertz CT molecular complexity index is 206. The van der Waals surface area contributed by atoms with E-state index in [2.05, 4.69) is 0 Å². The Morgan fingerprint density at radius 3 is 2.54 bits per heavy atom. The molecule has 0 saturated carbocycles. The summed E-state index contributed by atoms with van der Waals surface area (Å²) in [5.74, 6) is 0. The molecule has 1 aliphatic heterocycles. The van der Waals surface area contributed by atoms with E-state index in [4.69, 9.17) is 9.05 Å². The predicted octanol–water partition coefficient (Wildman–Crippen LogP) is 2.26. The van der Waals surface area contributed by atoms with E-state index in [1.807, 2.05) is 20.8 Å². The summed E-state index contributed by atoms with van der Waals surface area (Å²) >= 11 is 0. The van der Waals surface area contributed by atoms with Crippen LogP contribution in [0.1, 0.15) is 27.2 Å². The topological polar surface area (TPSA) is 38.8 Å². The molecule has 0 radical (unpaired) electrons. The molecule has 2 atom stereocenters. The number of nitrogens with zero attached hydrogens (tertiary/aromatic N) is 1. The van der Waals surface area contributed by atoms with Crippen LogP contribution < -0.4 is 0 Å². The van der Waals surface area contributed by atoms with E-state index in [1.165, 1.54) is 0 Å². The lowest BCUT2D eigenvalue weighted by Gasteiger charge is -2.33. The van der Waals surface area contributed by atoms with E-state index < -0.39 is 7.75 Å². The van der Waals surface area contributed by atoms with Gasteiger partial charge in [0.2, 0.25) is 0 Å². The summed E-state index contributed by atoms with van der Waals surface area (Å²) in [6.07, 6.45) is 0.866. The van der Waals surface area contributed by atoms with Crippen LogP contribution in [0.25, 0.3) is 0 Å². The SMILES string of the molecule is CCN(CC)P1(=O)OCCC(C)O1. The van der Waals surface area contributed by atoms with Crippen LogP contribution >= 0.6 is 7.75 Å². The molecule has 0 aliphatic carbocycles. The molecular formula is C8H18NO3P. The van der Waals surface area contributed by atoms with Crippen molar-refractivity contribution in [2.24, 2.45) is 0 Å². The molecule has 0 aromatic carbocycles. The van der Waals surface area contributed by atoms with Gasteiger partial charge < -0.3 is 0 Å². The van der Waals surface area contributed by atoms with E-state index in [9.17, 15) is 4.57 Å². The molecule has 0 spiro atoms. The Labute approximate surface area is 79.8 Å². The zero-order valence-electron chi connectivity index (χ0n) is 8.52. The van der Waals surface area contributed by atoms with E-state index in [0.717, 1.165) is 6.42 Å². The highest BCUT2D eigenvalue weighted by molar-refractivity contribution is 7.51. The van der Waals surface area contributed by atoms with Gasteiger partial charge in [-0.2, -0.15) is 0 Å². The zero-order chi connectivity index (χ0) is 9.90. The van der Waals surface area contributed by atoms with Gasteiger partial charge in [-0.1, -0.05) is 13.8 Å². The lowest BCUT2D eigenvalue weighted by molar-refractivity contribution is 0.0654. The first-order chi connectivity index (χ1) is 6.12. The lowest BCUT2D eigenvalue weighted by Crippen LogP contribution is -2.28. The third-order valence-electron chi connectivity index (χ3n) is 2.17. The smallest absolute Gasteiger partial charge is 0.297 e. The second-order valence-corrected chi connectivity index (χ2v) is 5.12. The van der Waals surface area contributed by atoms with Crippen molar-refractivity contribution in [1.29, 1.82) is 0 Å². The number of hydrogen-bond acceptors (Lipinski definition) is 3. The van der Waals surface area contributed by atoms with Crippen molar-refractivity contribution < 1.29 is 13.6 Å². The molecule has 1 rings (SSSR count). The molecule has 0 bridgehead atoms. The van der Waals surface area contributed by atoms with Gasteiger partial charge in [0.25, 0.3) is 0 Å². The standard InChI is InChI=1S/C8H18NO3P/c1-4-9(5-2)13(10)11-7-6-8(3)12-13/h8H,4-7H2,1-3H3. The van der Waals surface area contributed by atoms with Crippen LogP contribution in [-0.4, -0.2) is 30.5 Å². The largest absolute Gasteiger partial charge is 0.408 e. The fraction of sp³-hybridized carbons (Fsp3) is 1.00. The lowest BCUT2D eigenvalue weighted by atomic mass is 10.3. The van der Waals surface area contributed by atoms with Crippen molar-refractivity contribution in [2.75, 3.05) is 19.7 Å². The van der Waals surface area contributed by atoms with Crippen molar-refractivity contribution in [3.05, 3.63) is 0 Å². The Kier molecular flexibility index (Phi) is 3.92. The van der Waals surface area contributed by atoms with Gasteiger partial charge >= 0.3 is 7.75 Å². The van der Waals surface area contributed by atoms with E-state index in [-0.39, 0.29) is 6.10 Å². The average molecular weight is 207 g/mol. The summed E-state index contributed by atoms with van der Waals surface area (Å²) in [5, 5.41) is 0. The highest BCUT2D eigenvalue weighted by atomic mass is 31.2. The Morgan fingerprint density at radius 2 is 2.08 bits per heavy atom. The Balaban J connectivity index is 2.67. The van der Waals surface area contributed by atoms with Gasteiger partial charge in [-0.15, -0.1) is 0 Å². The molecule has 13 heavy (non-hydrogen) atoms. The molecule has 4 nitrogen and oxygen atoms in total. The second kappa shape index (κ2) is 4.56. The zero-order valence-corrected chi connectivity index (χ0v) is 9.42. The first-order valence-electron chi connectivity index (χ1n) is 4.80. The van der Waals surface area contributed by atoms with Gasteiger partial charge in [0, 0.05) is 13.1 Å². The number of rotatable bonds is 3. The third-order valence-corrected chi connectivity index (χ3v) is 4.56. The van der Waals surface area contributed by atoms with Crippen LogP contribution in [0.2, 0.25) is 0 Å². The van der Waals surface area contributed by atoms with Gasteiger partial charge in [0.15, 0.2) is 0 Å². The van der Waals surface area contributed by atoms with Gasteiger partial charge in [-0.25, -0.2) is 9.24 Å². The van der Waals surface area contributed by atoms with Crippen molar-refractivity contribution >= 4 is 7.75 Å². The van der Waals surface area contributed by atoms with Crippen LogP contribution in [0.4, 0.5) is 0 Å². The van der Waals surface area contributed by atoms with Crippen LogP contribution in [-0.2, 0) is 13.6 Å². The minimum absolute atomic E-state index is 0.0418. The highest BCUT2D eigenvalue weighted by Crippen LogP contribution is 2.55. The fourth-order valence-electron chi connectivity index (χ4n) is 1.36. The first-order valence-corrected chi connectivity index (χ1v) is 6.30. The summed E-state index contributed by atoms with van der Waals surface area (Å²) in [7, 11) is -2.95.